The Bertz CT molecular complexity index is 530. The van der Waals surface area contributed by atoms with Crippen molar-refractivity contribution < 1.29 is 9.90 Å². The summed E-state index contributed by atoms with van der Waals surface area (Å²) in [5.41, 5.74) is 1.11. The molecule has 0 atom stereocenters. The number of aromatic nitrogens is 1. The largest absolute Gasteiger partial charge is 0.477 e. The Morgan fingerprint density at radius 1 is 1.50 bits per heavy atom. The summed E-state index contributed by atoms with van der Waals surface area (Å²) >= 11 is 7.29. The molecule has 5 heteroatoms. The third-order valence-corrected chi connectivity index (χ3v) is 3.54. The van der Waals surface area contributed by atoms with E-state index in [0.29, 0.717) is 12.2 Å². The van der Waals surface area contributed by atoms with Crippen molar-refractivity contribution in [2.24, 2.45) is 0 Å². The molecule has 0 spiro atoms. The molecule has 2 rings (SSSR count). The normalized spacial score (nSPS) is 10.6. The summed E-state index contributed by atoms with van der Waals surface area (Å²) in [5, 5.41) is 9.08. The summed E-state index contributed by atoms with van der Waals surface area (Å²) in [6, 6.07) is 5.53. The quantitative estimate of drug-likeness (QED) is 0.915. The third kappa shape index (κ3) is 2.13. The molecule has 0 unspecified atom stereocenters. The fourth-order valence-electron chi connectivity index (χ4n) is 1.61. The highest BCUT2D eigenvalue weighted by atomic mass is 35.5. The van der Waals surface area contributed by atoms with Gasteiger partial charge in [-0.2, -0.15) is 0 Å². The van der Waals surface area contributed by atoms with E-state index in [9.17, 15) is 4.79 Å². The number of aryl methyl sites for hydroxylation is 1. The van der Waals surface area contributed by atoms with Gasteiger partial charge in [0.2, 0.25) is 0 Å². The number of hydrogen-bond acceptors (Lipinski definition) is 2. The first-order valence-corrected chi connectivity index (χ1v) is 5.90. The summed E-state index contributed by atoms with van der Waals surface area (Å²) in [5.74, 6) is -0.898. The predicted molar refractivity (Wildman–Crippen MR) is 64.6 cm³/mol. The average molecular weight is 256 g/mol. The molecule has 0 aliphatic carbocycles. The van der Waals surface area contributed by atoms with E-state index in [4.69, 9.17) is 16.7 Å². The minimum absolute atomic E-state index is 0.338. The van der Waals surface area contributed by atoms with Crippen LogP contribution in [0.4, 0.5) is 0 Å². The zero-order valence-corrected chi connectivity index (χ0v) is 10.2. The molecular formula is C11H10ClNO2S. The molecule has 3 nitrogen and oxygen atoms in total. The number of rotatable bonds is 3. The van der Waals surface area contributed by atoms with E-state index in [1.807, 2.05) is 12.1 Å². The van der Waals surface area contributed by atoms with Crippen molar-refractivity contribution >= 4 is 28.9 Å². The third-order valence-electron chi connectivity index (χ3n) is 2.32. The number of halogens is 1. The van der Waals surface area contributed by atoms with Crippen LogP contribution in [-0.4, -0.2) is 15.6 Å². The maximum atomic E-state index is 11.1. The highest BCUT2D eigenvalue weighted by molar-refractivity contribution is 7.16. The molecule has 16 heavy (non-hydrogen) atoms. The summed E-state index contributed by atoms with van der Waals surface area (Å²) in [7, 11) is 0. The molecule has 0 saturated carbocycles. The van der Waals surface area contributed by atoms with Crippen LogP contribution >= 0.6 is 22.9 Å². The lowest BCUT2D eigenvalue weighted by Crippen LogP contribution is -2.09. The number of hydrogen-bond donors (Lipinski definition) is 1. The van der Waals surface area contributed by atoms with Crippen molar-refractivity contribution in [2.75, 3.05) is 0 Å². The number of nitrogens with zero attached hydrogens (tertiary/aromatic N) is 1. The van der Waals surface area contributed by atoms with E-state index in [2.05, 4.69) is 0 Å². The number of thiophene rings is 1. The predicted octanol–water partition coefficient (Wildman–Crippen LogP) is 3.26. The first-order valence-electron chi connectivity index (χ1n) is 4.71. The maximum absolute atomic E-state index is 11.1. The van der Waals surface area contributed by atoms with Crippen LogP contribution in [0.15, 0.2) is 24.4 Å². The molecule has 2 aromatic rings. The SMILES string of the molecule is Cc1ccn(Cc2ccc(Cl)s2)c1C(=O)O. The van der Waals surface area contributed by atoms with Gasteiger partial charge in [-0.25, -0.2) is 4.79 Å². The second kappa shape index (κ2) is 4.31. The number of aromatic carboxylic acids is 1. The monoisotopic (exact) mass is 255 g/mol. The minimum atomic E-state index is -0.898. The lowest BCUT2D eigenvalue weighted by molar-refractivity contribution is 0.0685. The van der Waals surface area contributed by atoms with Crippen molar-refractivity contribution in [1.82, 2.24) is 4.57 Å². The molecule has 2 aromatic heterocycles. The van der Waals surface area contributed by atoms with Crippen molar-refractivity contribution in [3.05, 3.63) is 44.9 Å². The molecule has 0 aliphatic heterocycles. The first-order chi connectivity index (χ1) is 7.58. The Kier molecular flexibility index (Phi) is 3.03. The molecule has 0 aromatic carbocycles. The van der Waals surface area contributed by atoms with Gasteiger partial charge in [0.05, 0.1) is 10.9 Å². The fourth-order valence-corrected chi connectivity index (χ4v) is 2.70. The van der Waals surface area contributed by atoms with Crippen LogP contribution < -0.4 is 0 Å². The zero-order valence-electron chi connectivity index (χ0n) is 8.61. The van der Waals surface area contributed by atoms with Crippen LogP contribution in [0, 0.1) is 6.92 Å². The van der Waals surface area contributed by atoms with Gasteiger partial charge in [-0.1, -0.05) is 11.6 Å². The molecule has 0 saturated heterocycles. The van der Waals surface area contributed by atoms with Gasteiger partial charge >= 0.3 is 5.97 Å². The number of carbonyl (C=O) groups is 1. The van der Waals surface area contributed by atoms with Gasteiger partial charge in [-0.15, -0.1) is 11.3 Å². The lowest BCUT2D eigenvalue weighted by Gasteiger charge is -2.04. The second-order valence-electron chi connectivity index (χ2n) is 3.49. The molecule has 0 aliphatic rings. The van der Waals surface area contributed by atoms with Crippen LogP contribution in [0.5, 0.6) is 0 Å². The van der Waals surface area contributed by atoms with Crippen molar-refractivity contribution in [1.29, 1.82) is 0 Å². The molecule has 0 radical (unpaired) electrons. The Hall–Kier alpha value is -1.26. The van der Waals surface area contributed by atoms with Crippen molar-refractivity contribution in [3.8, 4) is 0 Å². The van der Waals surface area contributed by atoms with E-state index in [1.165, 1.54) is 11.3 Å². The topological polar surface area (TPSA) is 42.2 Å². The number of carboxylic acids is 1. The van der Waals surface area contributed by atoms with Crippen molar-refractivity contribution in [2.45, 2.75) is 13.5 Å². The standard InChI is InChI=1S/C11H10ClNO2S/c1-7-4-5-13(10(7)11(14)15)6-8-2-3-9(12)16-8/h2-5H,6H2,1H3,(H,14,15). The second-order valence-corrected chi connectivity index (χ2v) is 5.29. The molecular weight excluding hydrogens is 246 g/mol. The van der Waals surface area contributed by atoms with Crippen LogP contribution in [0.25, 0.3) is 0 Å². The highest BCUT2D eigenvalue weighted by Gasteiger charge is 2.13. The van der Waals surface area contributed by atoms with Gasteiger partial charge in [-0.05, 0) is 30.7 Å². The highest BCUT2D eigenvalue weighted by Crippen LogP contribution is 2.23. The Morgan fingerprint density at radius 3 is 2.81 bits per heavy atom. The summed E-state index contributed by atoms with van der Waals surface area (Å²) in [4.78, 5) is 12.1. The van der Waals surface area contributed by atoms with Gasteiger partial charge < -0.3 is 9.67 Å². The van der Waals surface area contributed by atoms with Crippen LogP contribution in [0.2, 0.25) is 4.34 Å². The lowest BCUT2D eigenvalue weighted by atomic mass is 10.3. The van der Waals surface area contributed by atoms with Gasteiger partial charge in [0.25, 0.3) is 0 Å². The van der Waals surface area contributed by atoms with Crippen LogP contribution in [-0.2, 0) is 6.54 Å². The van der Waals surface area contributed by atoms with Gasteiger partial charge in [0, 0.05) is 11.1 Å². The molecule has 0 fully saturated rings. The molecule has 2 heterocycles. The Labute approximate surface area is 102 Å². The van der Waals surface area contributed by atoms with Crippen LogP contribution in [0.1, 0.15) is 20.9 Å². The zero-order chi connectivity index (χ0) is 11.7. The average Bonchev–Trinajstić information content (AvgIpc) is 2.74. The van der Waals surface area contributed by atoms with Crippen LogP contribution in [0.3, 0.4) is 0 Å². The van der Waals surface area contributed by atoms with E-state index < -0.39 is 5.97 Å². The van der Waals surface area contributed by atoms with E-state index in [-0.39, 0.29) is 0 Å². The van der Waals surface area contributed by atoms with E-state index >= 15 is 0 Å². The maximum Gasteiger partial charge on any atom is 0.352 e. The molecule has 84 valence electrons. The Morgan fingerprint density at radius 2 is 2.25 bits per heavy atom. The van der Waals surface area contributed by atoms with Gasteiger partial charge in [0.15, 0.2) is 0 Å². The first kappa shape index (κ1) is 11.2. The van der Waals surface area contributed by atoms with E-state index in [1.54, 1.807) is 23.8 Å². The van der Waals surface area contributed by atoms with E-state index in [0.717, 1.165) is 14.8 Å². The molecule has 0 amide bonds. The summed E-state index contributed by atoms with van der Waals surface area (Å²) in [6.07, 6.45) is 1.78. The smallest absolute Gasteiger partial charge is 0.352 e. The Balaban J connectivity index is 2.31. The number of carboxylic acid groups (broad SMARTS) is 1. The van der Waals surface area contributed by atoms with Gasteiger partial charge in [-0.3, -0.25) is 0 Å². The summed E-state index contributed by atoms with van der Waals surface area (Å²) < 4.78 is 2.44. The van der Waals surface area contributed by atoms with Crippen molar-refractivity contribution in [3.63, 3.8) is 0 Å². The fraction of sp³-hybridized carbons (Fsp3) is 0.182. The van der Waals surface area contributed by atoms with Gasteiger partial charge in [0.1, 0.15) is 5.69 Å². The molecule has 0 bridgehead atoms. The molecule has 1 N–H and O–H groups in total. The summed E-state index contributed by atoms with van der Waals surface area (Å²) in [6.45, 7) is 2.34. The minimum Gasteiger partial charge on any atom is -0.477 e.